The second kappa shape index (κ2) is 66.7. The SMILES string of the molecule is CCCCCCCCCCCCCCCCCCCCCCC/C=C/CC/C=C/C(O)C(COC1OC(CO)C(OC2OC(CO)C(O)C(O)C2O)C(O)C1O)NC(=O)CCCCCCCCCCCCCCCCCCCCCCCCCCCCCCCCCCCCC. The first kappa shape index (κ1) is 90.6. The number of hydrogen-bond acceptors (Lipinski definition) is 13. The van der Waals surface area contributed by atoms with Crippen molar-refractivity contribution in [2.45, 2.75) is 473 Å². The molecule has 2 fully saturated rings. The molecule has 0 saturated carbocycles. The molecule has 14 nitrogen and oxygen atoms in total. The van der Waals surface area contributed by atoms with Crippen LogP contribution in [-0.2, 0) is 23.7 Å². The first-order valence-electron chi connectivity index (χ1n) is 41.6. The minimum atomic E-state index is -1.79. The Kier molecular flexibility index (Phi) is 62.9. The van der Waals surface area contributed by atoms with Crippen molar-refractivity contribution in [1.29, 1.82) is 0 Å². The molecule has 0 radical (unpaired) electrons. The molecule has 96 heavy (non-hydrogen) atoms. The second-order valence-electron chi connectivity index (χ2n) is 29.6. The Morgan fingerprint density at radius 3 is 1.02 bits per heavy atom. The number of amides is 1. The summed E-state index contributed by atoms with van der Waals surface area (Å²) in [7, 11) is 0. The number of carbonyl (C=O) groups is 1. The summed E-state index contributed by atoms with van der Waals surface area (Å²) < 4.78 is 22.9. The number of allylic oxidation sites excluding steroid dienone is 3. The fraction of sp³-hybridized carbons (Fsp3) is 0.939. The van der Waals surface area contributed by atoms with E-state index < -0.39 is 86.8 Å². The van der Waals surface area contributed by atoms with Gasteiger partial charge in [-0.05, 0) is 32.1 Å². The van der Waals surface area contributed by atoms with E-state index in [9.17, 15) is 45.6 Å². The monoisotopic (exact) mass is 1360 g/mol. The molecule has 0 aromatic carbocycles. The van der Waals surface area contributed by atoms with Gasteiger partial charge in [-0.3, -0.25) is 4.79 Å². The molecule has 2 rings (SSSR count). The Morgan fingerprint density at radius 2 is 0.667 bits per heavy atom. The highest BCUT2D eigenvalue weighted by atomic mass is 16.7. The van der Waals surface area contributed by atoms with E-state index in [2.05, 4.69) is 31.3 Å². The van der Waals surface area contributed by atoms with Crippen LogP contribution in [0.1, 0.15) is 399 Å². The van der Waals surface area contributed by atoms with Crippen molar-refractivity contribution in [2.24, 2.45) is 0 Å². The van der Waals surface area contributed by atoms with Gasteiger partial charge in [0.1, 0.15) is 48.8 Å². The largest absolute Gasteiger partial charge is 0.394 e. The van der Waals surface area contributed by atoms with Gasteiger partial charge in [0.2, 0.25) is 5.91 Å². The molecule has 0 aliphatic carbocycles. The van der Waals surface area contributed by atoms with Crippen LogP contribution in [0.5, 0.6) is 0 Å². The third-order valence-corrected chi connectivity index (χ3v) is 20.6. The molecular weight excluding hydrogens is 1210 g/mol. The predicted molar refractivity (Wildman–Crippen MR) is 397 cm³/mol. The van der Waals surface area contributed by atoms with Crippen LogP contribution in [0.2, 0.25) is 0 Å². The maximum atomic E-state index is 13.4. The van der Waals surface area contributed by atoms with Crippen molar-refractivity contribution in [2.75, 3.05) is 19.8 Å². The Labute approximate surface area is 589 Å². The molecule has 2 aliphatic heterocycles. The summed E-state index contributed by atoms with van der Waals surface area (Å²) in [6.45, 7) is 2.86. The van der Waals surface area contributed by atoms with Gasteiger partial charge in [-0.1, -0.05) is 385 Å². The van der Waals surface area contributed by atoms with E-state index in [0.29, 0.717) is 12.8 Å². The van der Waals surface area contributed by atoms with Gasteiger partial charge in [0.05, 0.1) is 32.0 Å². The quantitative estimate of drug-likeness (QED) is 0.0204. The zero-order valence-corrected chi connectivity index (χ0v) is 62.4. The fourth-order valence-electron chi connectivity index (χ4n) is 14.1. The maximum absolute atomic E-state index is 13.4. The Hall–Kier alpha value is -1.53. The number of rotatable bonds is 71. The van der Waals surface area contributed by atoms with Gasteiger partial charge in [-0.25, -0.2) is 0 Å². The number of unbranched alkanes of at least 4 members (excludes halogenated alkanes) is 56. The first-order chi connectivity index (χ1) is 47.1. The molecule has 2 heterocycles. The summed E-state index contributed by atoms with van der Waals surface area (Å²) in [5.74, 6) is -0.239. The third kappa shape index (κ3) is 49.1. The number of hydrogen-bond donors (Lipinski definition) is 9. The van der Waals surface area contributed by atoms with Gasteiger partial charge in [0.15, 0.2) is 12.6 Å². The second-order valence-corrected chi connectivity index (χ2v) is 29.6. The van der Waals surface area contributed by atoms with Crippen LogP contribution < -0.4 is 5.32 Å². The maximum Gasteiger partial charge on any atom is 0.220 e. The molecule has 0 spiro atoms. The van der Waals surface area contributed by atoms with Gasteiger partial charge in [-0.15, -0.1) is 0 Å². The van der Waals surface area contributed by atoms with Crippen molar-refractivity contribution in [1.82, 2.24) is 5.32 Å². The summed E-state index contributed by atoms with van der Waals surface area (Å²) in [4.78, 5) is 13.4. The molecule has 1 amide bonds. The molecule has 2 saturated heterocycles. The zero-order chi connectivity index (χ0) is 69.4. The summed E-state index contributed by atoms with van der Waals surface area (Å²) in [6.07, 6.45) is 70.0. The number of aliphatic hydroxyl groups excluding tert-OH is 8. The van der Waals surface area contributed by atoms with Gasteiger partial charge in [0, 0.05) is 6.42 Å². The number of carbonyl (C=O) groups excluding carboxylic acids is 1. The number of ether oxygens (including phenoxy) is 4. The molecule has 2 aliphatic rings. The minimum Gasteiger partial charge on any atom is -0.394 e. The minimum absolute atomic E-state index is 0.239. The van der Waals surface area contributed by atoms with Crippen molar-refractivity contribution >= 4 is 5.91 Å². The molecule has 568 valence electrons. The van der Waals surface area contributed by atoms with Crippen LogP contribution in [0, 0.1) is 0 Å². The lowest BCUT2D eigenvalue weighted by Gasteiger charge is -2.46. The highest BCUT2D eigenvalue weighted by molar-refractivity contribution is 5.76. The van der Waals surface area contributed by atoms with Crippen LogP contribution in [0.3, 0.4) is 0 Å². The van der Waals surface area contributed by atoms with Crippen LogP contribution in [0.4, 0.5) is 0 Å². The molecular formula is C82H157NO13. The number of aliphatic hydroxyl groups is 8. The molecule has 0 bridgehead atoms. The van der Waals surface area contributed by atoms with Crippen molar-refractivity contribution < 1.29 is 64.6 Å². The Morgan fingerprint density at radius 1 is 0.365 bits per heavy atom. The molecule has 12 unspecified atom stereocenters. The lowest BCUT2D eigenvalue weighted by Crippen LogP contribution is -2.65. The van der Waals surface area contributed by atoms with Gasteiger partial charge >= 0.3 is 0 Å². The van der Waals surface area contributed by atoms with Crippen LogP contribution in [-0.4, -0.2) is 140 Å². The Balaban J connectivity index is 1.60. The summed E-state index contributed by atoms with van der Waals surface area (Å²) in [5.41, 5.74) is 0. The van der Waals surface area contributed by atoms with Crippen LogP contribution in [0.25, 0.3) is 0 Å². The van der Waals surface area contributed by atoms with Gasteiger partial charge in [0.25, 0.3) is 0 Å². The molecule has 14 heteroatoms. The van der Waals surface area contributed by atoms with Gasteiger partial charge in [-0.2, -0.15) is 0 Å². The summed E-state index contributed by atoms with van der Waals surface area (Å²) >= 11 is 0. The van der Waals surface area contributed by atoms with Crippen molar-refractivity contribution in [3.8, 4) is 0 Å². The summed E-state index contributed by atoms with van der Waals surface area (Å²) in [5, 5.41) is 87.7. The van der Waals surface area contributed by atoms with Crippen LogP contribution >= 0.6 is 0 Å². The fourth-order valence-corrected chi connectivity index (χ4v) is 14.1. The highest BCUT2D eigenvalue weighted by Gasteiger charge is 2.51. The van der Waals surface area contributed by atoms with Crippen molar-refractivity contribution in [3.63, 3.8) is 0 Å². The standard InChI is InChI=1S/C82H157NO13/c1-3-5-7-9-11-13-15-17-19-21-23-25-27-29-31-32-33-34-35-36-37-38-40-42-44-46-48-50-52-54-56-58-60-62-64-66-74(87)83-70(69-93-81-79(92)77(90)80(73(68-85)95-81)96-82-78(91)76(89)75(88)72(67-84)94-82)71(86)65-63-61-59-57-55-53-51-49-47-45-43-41-39-30-28-26-24-22-20-18-16-14-12-10-8-6-4-2/h55,57,63,65,70-73,75-82,84-86,88-92H,3-54,56,58-62,64,66-69H2,1-2H3,(H,83,87)/b57-55+,65-63+. The average molecular weight is 1370 g/mol. The molecule has 9 N–H and O–H groups in total. The third-order valence-electron chi connectivity index (χ3n) is 20.6. The normalized spacial score (nSPS) is 22.3. The van der Waals surface area contributed by atoms with E-state index in [1.54, 1.807) is 6.08 Å². The van der Waals surface area contributed by atoms with Crippen molar-refractivity contribution in [3.05, 3.63) is 24.3 Å². The average Bonchev–Trinajstić information content (AvgIpc) is 0.800. The molecule has 12 atom stereocenters. The topological polar surface area (TPSA) is 228 Å². The van der Waals surface area contributed by atoms with E-state index in [4.69, 9.17) is 18.9 Å². The van der Waals surface area contributed by atoms with Crippen LogP contribution in [0.15, 0.2) is 24.3 Å². The Bertz CT molecular complexity index is 1700. The summed E-state index contributed by atoms with van der Waals surface area (Å²) in [6, 6.07) is -0.931. The first-order valence-corrected chi connectivity index (χ1v) is 41.6. The van der Waals surface area contributed by atoms with E-state index in [1.165, 1.54) is 334 Å². The van der Waals surface area contributed by atoms with E-state index in [-0.39, 0.29) is 18.9 Å². The van der Waals surface area contributed by atoms with E-state index in [1.807, 2.05) is 6.08 Å². The molecule has 0 aromatic rings. The molecule has 0 aromatic heterocycles. The number of nitrogens with one attached hydrogen (secondary N) is 1. The smallest absolute Gasteiger partial charge is 0.220 e. The zero-order valence-electron chi connectivity index (χ0n) is 62.4. The highest BCUT2D eigenvalue weighted by Crippen LogP contribution is 2.30. The lowest BCUT2D eigenvalue weighted by atomic mass is 9.97. The van der Waals surface area contributed by atoms with E-state index >= 15 is 0 Å². The van der Waals surface area contributed by atoms with E-state index in [0.717, 1.165) is 32.1 Å². The predicted octanol–water partition coefficient (Wildman–Crippen LogP) is 19.0. The lowest BCUT2D eigenvalue weighted by molar-refractivity contribution is -0.359. The van der Waals surface area contributed by atoms with Gasteiger partial charge < -0.3 is 65.1 Å².